The van der Waals surface area contributed by atoms with Crippen molar-refractivity contribution < 1.29 is 28.3 Å². The van der Waals surface area contributed by atoms with Crippen LogP contribution in [-0.2, 0) is 9.59 Å². The van der Waals surface area contributed by atoms with Crippen molar-refractivity contribution >= 4 is 58.0 Å². The summed E-state index contributed by atoms with van der Waals surface area (Å²) in [5.41, 5.74) is 4.38. The van der Waals surface area contributed by atoms with E-state index in [1.165, 1.54) is 32.1 Å². The molecule has 3 amide bonds. The molecular weight excluding hydrogens is 665 g/mol. The van der Waals surface area contributed by atoms with E-state index in [0.717, 1.165) is 16.0 Å². The summed E-state index contributed by atoms with van der Waals surface area (Å²) in [6.07, 6.45) is 1.53. The number of hydrogen-bond donors (Lipinski definition) is 3. The number of carbonyl (C=O) groups excluding carboxylic acids is 3. The van der Waals surface area contributed by atoms with Gasteiger partial charge in [0.2, 0.25) is 11.8 Å². The number of hydrogen-bond acceptors (Lipinski definition) is 8. The number of para-hydroxylation sites is 3. The number of rotatable bonds is 12. The lowest BCUT2D eigenvalue weighted by Crippen LogP contribution is -2.30. The molecule has 1 aromatic heterocycles. The number of methoxy groups -OCH3 is 2. The molecule has 1 heterocycles. The predicted molar refractivity (Wildman–Crippen MR) is 200 cm³/mol. The average Bonchev–Trinajstić information content (AvgIpc) is 3.60. The zero-order chi connectivity index (χ0) is 35.7. The molecule has 256 valence electrons. The van der Waals surface area contributed by atoms with Crippen LogP contribution in [0, 0.1) is 0 Å². The fraction of sp³-hybridized carbons (Fsp3) is 0.100. The Kier molecular flexibility index (Phi) is 10.8. The number of nitrogens with zero attached hydrogens (tertiary/aromatic N) is 1. The fourth-order valence-corrected chi connectivity index (χ4v) is 6.00. The topological polar surface area (TPSA) is 132 Å². The van der Waals surface area contributed by atoms with Crippen molar-refractivity contribution in [3.63, 3.8) is 0 Å². The van der Waals surface area contributed by atoms with Crippen LogP contribution >= 0.6 is 11.8 Å². The molecule has 0 aliphatic carbocycles. The standard InChI is InChI=1S/C40H34N4O6S/c1-25(37(45)41-29-18-16-27(17-19-29)40-44-32-13-7-8-14-34(32)50-40)51-31-22-20-30(21-23-31)42-39(47)33(43-38(46)26-10-5-4-6-11-26)24-28-12-9-15-35(48-2)36(28)49-3/h4-25H,1-3H3,(H,41,45)(H,42,47)(H,43,46)/b33-24-. The minimum atomic E-state index is -0.542. The number of amides is 3. The van der Waals surface area contributed by atoms with Gasteiger partial charge >= 0.3 is 0 Å². The maximum absolute atomic E-state index is 13.6. The summed E-state index contributed by atoms with van der Waals surface area (Å²) in [5.74, 6) is 0.251. The second-order valence-electron chi connectivity index (χ2n) is 11.3. The molecule has 3 N–H and O–H groups in total. The Labute approximate surface area is 298 Å². The number of ether oxygens (including phenoxy) is 2. The van der Waals surface area contributed by atoms with E-state index in [9.17, 15) is 14.4 Å². The second-order valence-corrected chi connectivity index (χ2v) is 12.7. The molecule has 5 aromatic carbocycles. The van der Waals surface area contributed by atoms with E-state index in [-0.39, 0.29) is 11.6 Å². The average molecular weight is 699 g/mol. The molecular formula is C40H34N4O6S. The number of carbonyl (C=O) groups is 3. The molecule has 11 heteroatoms. The first kappa shape index (κ1) is 34.5. The van der Waals surface area contributed by atoms with Gasteiger partial charge in [0.05, 0.1) is 19.5 Å². The third kappa shape index (κ3) is 8.46. The SMILES string of the molecule is COc1cccc(/C=C(\NC(=O)c2ccccc2)C(=O)Nc2ccc(SC(C)C(=O)Nc3ccc(-c4nc5ccccc5o4)cc3)cc2)c1OC. The lowest BCUT2D eigenvalue weighted by atomic mass is 10.1. The Balaban J connectivity index is 1.10. The summed E-state index contributed by atoms with van der Waals surface area (Å²) in [4.78, 5) is 45.0. The molecule has 6 aromatic rings. The van der Waals surface area contributed by atoms with Gasteiger partial charge in [-0.25, -0.2) is 4.98 Å². The van der Waals surface area contributed by atoms with Crippen LogP contribution < -0.4 is 25.4 Å². The van der Waals surface area contributed by atoms with Crippen LogP contribution in [-0.4, -0.2) is 42.2 Å². The number of benzene rings is 5. The van der Waals surface area contributed by atoms with E-state index in [4.69, 9.17) is 13.9 Å². The van der Waals surface area contributed by atoms with E-state index >= 15 is 0 Å². The van der Waals surface area contributed by atoms with E-state index < -0.39 is 17.1 Å². The van der Waals surface area contributed by atoms with Gasteiger partial charge in [-0.1, -0.05) is 42.5 Å². The molecule has 1 unspecified atom stereocenters. The quantitative estimate of drug-likeness (QED) is 0.0865. The fourth-order valence-electron chi connectivity index (χ4n) is 5.13. The van der Waals surface area contributed by atoms with E-state index in [1.54, 1.807) is 60.7 Å². The maximum Gasteiger partial charge on any atom is 0.272 e. The van der Waals surface area contributed by atoms with E-state index in [0.29, 0.717) is 45.5 Å². The summed E-state index contributed by atoms with van der Waals surface area (Å²) in [6, 6.07) is 35.9. The molecule has 0 saturated heterocycles. The smallest absolute Gasteiger partial charge is 0.272 e. The molecule has 0 radical (unpaired) electrons. The molecule has 1 atom stereocenters. The largest absolute Gasteiger partial charge is 0.493 e. The van der Waals surface area contributed by atoms with Gasteiger partial charge in [-0.15, -0.1) is 11.8 Å². The van der Waals surface area contributed by atoms with Crippen LogP contribution in [0.5, 0.6) is 11.5 Å². The first-order valence-corrected chi connectivity index (χ1v) is 16.8. The highest BCUT2D eigenvalue weighted by atomic mass is 32.2. The van der Waals surface area contributed by atoms with Gasteiger partial charge in [-0.2, -0.15) is 0 Å². The van der Waals surface area contributed by atoms with E-state index in [1.807, 2.05) is 67.6 Å². The number of anilines is 2. The van der Waals surface area contributed by atoms with Crippen LogP contribution in [0.15, 0.2) is 136 Å². The van der Waals surface area contributed by atoms with Crippen molar-refractivity contribution in [3.8, 4) is 23.0 Å². The van der Waals surface area contributed by atoms with Gasteiger partial charge in [0.15, 0.2) is 17.1 Å². The Morgan fingerprint density at radius 3 is 2.16 bits per heavy atom. The minimum absolute atomic E-state index is 0.000958. The van der Waals surface area contributed by atoms with Crippen LogP contribution in [0.25, 0.3) is 28.6 Å². The lowest BCUT2D eigenvalue weighted by molar-refractivity contribution is -0.115. The van der Waals surface area contributed by atoms with Gasteiger partial charge in [0.1, 0.15) is 11.2 Å². The highest BCUT2D eigenvalue weighted by molar-refractivity contribution is 8.00. The van der Waals surface area contributed by atoms with Crippen molar-refractivity contribution in [1.82, 2.24) is 10.3 Å². The molecule has 10 nitrogen and oxygen atoms in total. The van der Waals surface area contributed by atoms with Crippen molar-refractivity contribution in [1.29, 1.82) is 0 Å². The summed E-state index contributed by atoms with van der Waals surface area (Å²) in [5, 5.41) is 8.13. The van der Waals surface area contributed by atoms with E-state index in [2.05, 4.69) is 20.9 Å². The van der Waals surface area contributed by atoms with Crippen LogP contribution in [0.2, 0.25) is 0 Å². The van der Waals surface area contributed by atoms with Crippen LogP contribution in [0.4, 0.5) is 11.4 Å². The third-order valence-corrected chi connectivity index (χ3v) is 8.86. The molecule has 0 aliphatic heterocycles. The summed E-state index contributed by atoms with van der Waals surface area (Å²) >= 11 is 1.38. The van der Waals surface area contributed by atoms with Gasteiger partial charge in [-0.05, 0) is 91.9 Å². The second kappa shape index (κ2) is 15.9. The first-order valence-electron chi connectivity index (χ1n) is 16.0. The number of oxazole rings is 1. The first-order chi connectivity index (χ1) is 24.8. The Morgan fingerprint density at radius 1 is 0.765 bits per heavy atom. The van der Waals surface area contributed by atoms with Crippen molar-refractivity contribution in [2.75, 3.05) is 24.9 Å². The van der Waals surface area contributed by atoms with Crippen LogP contribution in [0.1, 0.15) is 22.8 Å². The number of nitrogens with one attached hydrogen (secondary N) is 3. The number of thioether (sulfide) groups is 1. The van der Waals surface area contributed by atoms with Gasteiger partial charge in [-0.3, -0.25) is 14.4 Å². The molecule has 0 aliphatic rings. The lowest BCUT2D eigenvalue weighted by Gasteiger charge is -2.14. The molecule has 0 saturated carbocycles. The highest BCUT2D eigenvalue weighted by Crippen LogP contribution is 2.32. The summed E-state index contributed by atoms with van der Waals surface area (Å²) in [6.45, 7) is 1.82. The monoisotopic (exact) mass is 698 g/mol. The molecule has 0 bridgehead atoms. The van der Waals surface area contributed by atoms with Gasteiger partial charge in [0, 0.05) is 33.0 Å². The zero-order valence-corrected chi connectivity index (χ0v) is 28.8. The van der Waals surface area contributed by atoms with Crippen LogP contribution in [0.3, 0.4) is 0 Å². The zero-order valence-electron chi connectivity index (χ0n) is 28.0. The molecule has 51 heavy (non-hydrogen) atoms. The predicted octanol–water partition coefficient (Wildman–Crippen LogP) is 8.04. The maximum atomic E-state index is 13.6. The normalized spacial score (nSPS) is 11.8. The Hall–Kier alpha value is -6.33. The Morgan fingerprint density at radius 2 is 1.45 bits per heavy atom. The third-order valence-electron chi connectivity index (χ3n) is 7.75. The number of aromatic nitrogens is 1. The summed E-state index contributed by atoms with van der Waals surface area (Å²) < 4.78 is 16.8. The molecule has 0 fully saturated rings. The van der Waals surface area contributed by atoms with Crippen molar-refractivity contribution in [2.24, 2.45) is 0 Å². The van der Waals surface area contributed by atoms with Crippen molar-refractivity contribution in [3.05, 3.63) is 138 Å². The highest BCUT2D eigenvalue weighted by Gasteiger charge is 2.19. The number of fused-ring (bicyclic) bond motifs is 1. The van der Waals surface area contributed by atoms with Crippen molar-refractivity contribution in [2.45, 2.75) is 17.1 Å². The minimum Gasteiger partial charge on any atom is -0.493 e. The summed E-state index contributed by atoms with van der Waals surface area (Å²) in [7, 11) is 3.02. The molecule has 6 rings (SSSR count). The van der Waals surface area contributed by atoms with Gasteiger partial charge < -0.3 is 29.8 Å². The Bertz CT molecular complexity index is 2170. The molecule has 0 spiro atoms. The van der Waals surface area contributed by atoms with Gasteiger partial charge in [0.25, 0.3) is 11.8 Å².